The number of carbonyl (C=O) groups is 1. The predicted octanol–water partition coefficient (Wildman–Crippen LogP) is 2.43. The van der Waals surface area contributed by atoms with E-state index in [0.717, 1.165) is 17.8 Å². The maximum Gasteiger partial charge on any atom is 0.309 e. The number of fused-ring (bicyclic) bond motifs is 1. The second-order valence-electron chi connectivity index (χ2n) is 5.68. The van der Waals surface area contributed by atoms with Crippen LogP contribution in [0.15, 0.2) is 18.2 Å². The van der Waals surface area contributed by atoms with Gasteiger partial charge in [-0.05, 0) is 32.4 Å². The topological polar surface area (TPSA) is 60.8 Å². The van der Waals surface area contributed by atoms with Crippen molar-refractivity contribution in [1.29, 1.82) is 0 Å². The van der Waals surface area contributed by atoms with E-state index in [2.05, 4.69) is 4.90 Å². The van der Waals surface area contributed by atoms with Crippen LogP contribution in [0.2, 0.25) is 0 Å². The number of phenols is 1. The average Bonchev–Trinajstić information content (AvgIpc) is 2.56. The summed E-state index contributed by atoms with van der Waals surface area (Å²) in [6.07, 6.45) is 0.525. The summed E-state index contributed by atoms with van der Waals surface area (Å²) in [4.78, 5) is 13.3. The summed E-state index contributed by atoms with van der Waals surface area (Å²) >= 11 is 0. The molecule has 2 rings (SSSR count). The largest absolute Gasteiger partial charge is 0.508 e. The Morgan fingerprint density at radius 1 is 1.50 bits per heavy atom. The lowest BCUT2D eigenvalue weighted by Crippen LogP contribution is -2.27. The standard InChI is InChI=1S/C14H19NO3/c1-14(2,13(17)18)7-9-8-15(3)10-5-4-6-11(16)12(9)10/h4-6,9,16H,7-8H2,1-3H3,(H,17,18). The highest BCUT2D eigenvalue weighted by Crippen LogP contribution is 2.45. The summed E-state index contributed by atoms with van der Waals surface area (Å²) in [5.41, 5.74) is 1.10. The van der Waals surface area contributed by atoms with Gasteiger partial charge in [0.25, 0.3) is 0 Å². The Morgan fingerprint density at radius 2 is 2.17 bits per heavy atom. The Balaban J connectivity index is 2.32. The number of carboxylic acids is 1. The third kappa shape index (κ3) is 2.03. The lowest BCUT2D eigenvalue weighted by Gasteiger charge is -2.23. The fraction of sp³-hybridized carbons (Fsp3) is 0.500. The number of hydrogen-bond donors (Lipinski definition) is 2. The van der Waals surface area contributed by atoms with Gasteiger partial charge in [-0.1, -0.05) is 6.07 Å². The minimum atomic E-state index is -0.797. The Labute approximate surface area is 107 Å². The summed E-state index contributed by atoms with van der Waals surface area (Å²) in [6.45, 7) is 4.21. The minimum Gasteiger partial charge on any atom is -0.508 e. The number of phenolic OH excluding ortho intramolecular Hbond substituents is 1. The van der Waals surface area contributed by atoms with Crippen LogP contribution in [0.25, 0.3) is 0 Å². The average molecular weight is 249 g/mol. The highest BCUT2D eigenvalue weighted by molar-refractivity contribution is 5.74. The third-order valence-corrected chi connectivity index (χ3v) is 3.71. The van der Waals surface area contributed by atoms with Gasteiger partial charge in [0.15, 0.2) is 0 Å². The van der Waals surface area contributed by atoms with E-state index in [9.17, 15) is 15.0 Å². The molecule has 4 heteroatoms. The molecule has 0 aromatic heterocycles. The summed E-state index contributed by atoms with van der Waals surface area (Å²) < 4.78 is 0. The molecule has 1 heterocycles. The number of anilines is 1. The zero-order valence-electron chi connectivity index (χ0n) is 11.0. The van der Waals surface area contributed by atoms with E-state index in [1.165, 1.54) is 0 Å². The van der Waals surface area contributed by atoms with E-state index >= 15 is 0 Å². The van der Waals surface area contributed by atoms with Crippen molar-refractivity contribution in [2.75, 3.05) is 18.5 Å². The molecule has 0 saturated carbocycles. The molecule has 0 saturated heterocycles. The van der Waals surface area contributed by atoms with Gasteiger partial charge in [0, 0.05) is 30.8 Å². The first kappa shape index (κ1) is 12.7. The number of likely N-dealkylation sites (N-methyl/N-ethyl adjacent to an activating group) is 1. The van der Waals surface area contributed by atoms with E-state index in [0.29, 0.717) is 6.42 Å². The third-order valence-electron chi connectivity index (χ3n) is 3.71. The number of benzene rings is 1. The molecular formula is C14H19NO3. The van der Waals surface area contributed by atoms with Gasteiger partial charge in [0.1, 0.15) is 5.75 Å². The van der Waals surface area contributed by atoms with Crippen molar-refractivity contribution in [3.63, 3.8) is 0 Å². The lowest BCUT2D eigenvalue weighted by molar-refractivity contribution is -0.147. The van der Waals surface area contributed by atoms with E-state index < -0.39 is 11.4 Å². The van der Waals surface area contributed by atoms with Crippen LogP contribution in [0.4, 0.5) is 5.69 Å². The van der Waals surface area contributed by atoms with Gasteiger partial charge < -0.3 is 15.1 Å². The Hall–Kier alpha value is -1.71. The zero-order valence-corrected chi connectivity index (χ0v) is 11.0. The molecule has 1 aliphatic rings. The van der Waals surface area contributed by atoms with Crippen LogP contribution in [-0.4, -0.2) is 29.8 Å². The highest BCUT2D eigenvalue weighted by Gasteiger charge is 2.37. The molecule has 1 aromatic carbocycles. The van der Waals surface area contributed by atoms with Crippen molar-refractivity contribution >= 4 is 11.7 Å². The minimum absolute atomic E-state index is 0.0669. The Kier molecular flexibility index (Phi) is 2.97. The molecule has 1 atom stereocenters. The zero-order chi connectivity index (χ0) is 13.5. The van der Waals surface area contributed by atoms with Crippen LogP contribution < -0.4 is 4.90 Å². The highest BCUT2D eigenvalue weighted by atomic mass is 16.4. The van der Waals surface area contributed by atoms with Gasteiger partial charge in [0.05, 0.1) is 5.41 Å². The van der Waals surface area contributed by atoms with Gasteiger partial charge in [-0.15, -0.1) is 0 Å². The van der Waals surface area contributed by atoms with E-state index in [4.69, 9.17) is 0 Å². The summed E-state index contributed by atoms with van der Waals surface area (Å²) in [6, 6.07) is 5.44. The van der Waals surface area contributed by atoms with Crippen molar-refractivity contribution in [1.82, 2.24) is 0 Å². The molecule has 0 radical (unpaired) electrons. The molecule has 0 bridgehead atoms. The van der Waals surface area contributed by atoms with Crippen molar-refractivity contribution in [3.8, 4) is 5.75 Å². The van der Waals surface area contributed by atoms with E-state index in [1.54, 1.807) is 19.9 Å². The van der Waals surface area contributed by atoms with Crippen LogP contribution >= 0.6 is 0 Å². The molecule has 1 aromatic rings. The van der Waals surface area contributed by atoms with Gasteiger partial charge in [-0.3, -0.25) is 4.79 Å². The maximum absolute atomic E-state index is 11.2. The number of hydrogen-bond acceptors (Lipinski definition) is 3. The van der Waals surface area contributed by atoms with Crippen molar-refractivity contribution < 1.29 is 15.0 Å². The second-order valence-corrected chi connectivity index (χ2v) is 5.68. The summed E-state index contributed by atoms with van der Waals surface area (Å²) in [7, 11) is 1.96. The first-order valence-corrected chi connectivity index (χ1v) is 6.09. The van der Waals surface area contributed by atoms with Crippen molar-refractivity contribution in [2.45, 2.75) is 26.2 Å². The Bertz CT molecular complexity index is 482. The fourth-order valence-corrected chi connectivity index (χ4v) is 2.68. The van der Waals surface area contributed by atoms with Gasteiger partial charge in [-0.2, -0.15) is 0 Å². The van der Waals surface area contributed by atoms with Gasteiger partial charge in [0.2, 0.25) is 0 Å². The summed E-state index contributed by atoms with van der Waals surface area (Å²) in [5, 5.41) is 19.2. The molecule has 0 spiro atoms. The molecule has 0 amide bonds. The van der Waals surface area contributed by atoms with Gasteiger partial charge in [-0.25, -0.2) is 0 Å². The Morgan fingerprint density at radius 3 is 2.78 bits per heavy atom. The summed E-state index contributed by atoms with van der Waals surface area (Å²) in [5.74, 6) is -0.464. The van der Waals surface area contributed by atoms with Crippen LogP contribution in [-0.2, 0) is 4.79 Å². The molecule has 4 nitrogen and oxygen atoms in total. The quantitative estimate of drug-likeness (QED) is 0.863. The monoisotopic (exact) mass is 249 g/mol. The molecular weight excluding hydrogens is 230 g/mol. The number of carboxylic acid groups (broad SMARTS) is 1. The number of aromatic hydroxyl groups is 1. The number of rotatable bonds is 3. The first-order chi connectivity index (χ1) is 8.33. The molecule has 2 N–H and O–H groups in total. The van der Waals surface area contributed by atoms with Crippen molar-refractivity contribution in [2.24, 2.45) is 5.41 Å². The first-order valence-electron chi connectivity index (χ1n) is 6.09. The SMILES string of the molecule is CN1CC(CC(C)(C)C(=O)O)c2c(O)cccc21. The normalized spacial score (nSPS) is 18.8. The molecule has 98 valence electrons. The van der Waals surface area contributed by atoms with Crippen LogP contribution in [0.3, 0.4) is 0 Å². The van der Waals surface area contributed by atoms with Crippen LogP contribution in [0.1, 0.15) is 31.7 Å². The number of nitrogens with zero attached hydrogens (tertiary/aromatic N) is 1. The molecule has 1 aliphatic heterocycles. The predicted molar refractivity (Wildman–Crippen MR) is 70.2 cm³/mol. The van der Waals surface area contributed by atoms with Crippen molar-refractivity contribution in [3.05, 3.63) is 23.8 Å². The van der Waals surface area contributed by atoms with Gasteiger partial charge >= 0.3 is 5.97 Å². The van der Waals surface area contributed by atoms with E-state index in [-0.39, 0.29) is 11.7 Å². The van der Waals surface area contributed by atoms with E-state index in [1.807, 2.05) is 19.2 Å². The molecule has 18 heavy (non-hydrogen) atoms. The second kappa shape index (κ2) is 4.19. The molecule has 0 aliphatic carbocycles. The molecule has 0 fully saturated rings. The fourth-order valence-electron chi connectivity index (χ4n) is 2.68. The van der Waals surface area contributed by atoms with Crippen LogP contribution in [0, 0.1) is 5.41 Å². The lowest BCUT2D eigenvalue weighted by atomic mass is 9.80. The molecule has 1 unspecified atom stereocenters. The maximum atomic E-state index is 11.2. The number of aliphatic carboxylic acids is 1. The van der Waals surface area contributed by atoms with Crippen LogP contribution in [0.5, 0.6) is 5.75 Å². The smallest absolute Gasteiger partial charge is 0.309 e.